The van der Waals surface area contributed by atoms with E-state index in [1.807, 2.05) is 68.8 Å². The van der Waals surface area contributed by atoms with Gasteiger partial charge in [0.1, 0.15) is 29.3 Å². The molecule has 0 aliphatic heterocycles. The molecule has 2 N–H and O–H groups in total. The summed E-state index contributed by atoms with van der Waals surface area (Å²) in [7, 11) is 4.06. The van der Waals surface area contributed by atoms with Crippen molar-refractivity contribution in [2.75, 3.05) is 40.4 Å². The van der Waals surface area contributed by atoms with Gasteiger partial charge in [-0.2, -0.15) is 0 Å². The molecule has 0 amide bonds. The van der Waals surface area contributed by atoms with Crippen molar-refractivity contribution in [2.24, 2.45) is 4.99 Å². The number of carbonyl (C=O) groups is 1. The number of carbonyl (C=O) groups excluding carboxylic acids is 1. The molecular weight excluding hydrogens is 588 g/mol. The molecule has 0 aromatic heterocycles. The maximum atomic E-state index is 12.1. The number of aldehydes is 1. The monoisotopic (exact) mass is 634 g/mol. The Morgan fingerprint density at radius 1 is 0.681 bits per heavy atom. The van der Waals surface area contributed by atoms with Crippen LogP contribution in [-0.4, -0.2) is 68.0 Å². The van der Waals surface area contributed by atoms with Crippen LogP contribution in [0, 0.1) is 0 Å². The van der Waals surface area contributed by atoms with E-state index in [1.54, 1.807) is 12.1 Å². The number of para-hydroxylation sites is 2. The highest BCUT2D eigenvalue weighted by atomic mass is 16.5. The maximum Gasteiger partial charge on any atom is 0.150 e. The summed E-state index contributed by atoms with van der Waals surface area (Å²) in [6.07, 6.45) is 6.02. The lowest BCUT2D eigenvalue weighted by atomic mass is 9.90. The summed E-state index contributed by atoms with van der Waals surface area (Å²) in [6.45, 7) is 6.70. The minimum atomic E-state index is 0.169. The predicted molar refractivity (Wildman–Crippen MR) is 188 cm³/mol. The molecule has 4 aromatic rings. The standard InChI is InChI=1S/C40H46N2O5/c1-5-15-46-39-29-9-7-11-31(39)23-35-19-28(26-43)20-36(38(35)45)24-32-12-8-10-30(40(32)47-16-6-2)22-34-18-27(17-33(21-29)37(34)44)25-41-13-14-42(3)4/h7-12,17-20,25-26,44-45H,5-6,13-16,21-24H2,1-4H3. The first-order chi connectivity index (χ1) is 22.8. The second-order valence-corrected chi connectivity index (χ2v) is 12.5. The summed E-state index contributed by atoms with van der Waals surface area (Å²) in [5, 5.41) is 23.4. The molecule has 0 spiro atoms. The zero-order valence-corrected chi connectivity index (χ0v) is 28.0. The van der Waals surface area contributed by atoms with E-state index < -0.39 is 0 Å². The minimum absolute atomic E-state index is 0.169. The number of nitrogens with zero attached hydrogens (tertiary/aromatic N) is 2. The molecule has 1 aliphatic rings. The minimum Gasteiger partial charge on any atom is -0.507 e. The van der Waals surface area contributed by atoms with Gasteiger partial charge in [0.15, 0.2) is 0 Å². The number of ether oxygens (including phenoxy) is 2. The number of hydrogen-bond acceptors (Lipinski definition) is 7. The Kier molecular flexibility index (Phi) is 11.3. The summed E-state index contributed by atoms with van der Waals surface area (Å²) >= 11 is 0. The maximum absolute atomic E-state index is 12.1. The van der Waals surface area contributed by atoms with Crippen molar-refractivity contribution in [2.45, 2.75) is 52.4 Å². The fraction of sp³-hybridized carbons (Fsp3) is 0.350. The van der Waals surface area contributed by atoms with Crippen LogP contribution >= 0.6 is 0 Å². The van der Waals surface area contributed by atoms with Crippen LogP contribution in [0.2, 0.25) is 0 Å². The smallest absolute Gasteiger partial charge is 0.150 e. The highest BCUT2D eigenvalue weighted by molar-refractivity contribution is 5.81. The Morgan fingerprint density at radius 3 is 1.45 bits per heavy atom. The van der Waals surface area contributed by atoms with Gasteiger partial charge in [-0.25, -0.2) is 0 Å². The molecular formula is C40H46N2O5. The number of benzene rings is 4. The zero-order valence-electron chi connectivity index (χ0n) is 28.0. The van der Waals surface area contributed by atoms with E-state index in [0.717, 1.165) is 76.1 Å². The predicted octanol–water partition coefficient (Wildman–Crippen LogP) is 7.15. The number of likely N-dealkylation sites (N-methyl/N-ethyl adjacent to an activating group) is 1. The Bertz CT molecular complexity index is 1640. The average Bonchev–Trinajstić information content (AvgIpc) is 3.05. The van der Waals surface area contributed by atoms with E-state index in [4.69, 9.17) is 9.47 Å². The lowest BCUT2D eigenvalue weighted by Gasteiger charge is -2.21. The number of phenolic OH excluding ortho intramolecular Hbond substituents is 2. The second kappa shape index (κ2) is 15.8. The lowest BCUT2D eigenvalue weighted by molar-refractivity contribution is 0.112. The number of hydrogen-bond donors (Lipinski definition) is 2. The molecule has 0 saturated heterocycles. The normalized spacial score (nSPS) is 12.8. The van der Waals surface area contributed by atoms with Crippen molar-refractivity contribution in [1.82, 2.24) is 4.90 Å². The highest BCUT2D eigenvalue weighted by Crippen LogP contribution is 2.38. The highest BCUT2D eigenvalue weighted by Gasteiger charge is 2.21. The first kappa shape index (κ1) is 33.7. The zero-order chi connectivity index (χ0) is 33.3. The summed E-state index contributed by atoms with van der Waals surface area (Å²) < 4.78 is 12.8. The Balaban J connectivity index is 1.73. The molecule has 7 heteroatoms. The molecule has 0 radical (unpaired) electrons. The van der Waals surface area contributed by atoms with Gasteiger partial charge >= 0.3 is 0 Å². The molecule has 0 fully saturated rings. The molecule has 0 saturated carbocycles. The van der Waals surface area contributed by atoms with Gasteiger partial charge in [0.2, 0.25) is 0 Å². The first-order valence-electron chi connectivity index (χ1n) is 16.6. The van der Waals surface area contributed by atoms with Crippen LogP contribution in [0.5, 0.6) is 23.0 Å². The summed E-state index contributed by atoms with van der Waals surface area (Å²) in [6, 6.07) is 19.6. The van der Waals surface area contributed by atoms with Gasteiger partial charge in [0, 0.05) is 44.0 Å². The topological polar surface area (TPSA) is 91.6 Å². The van der Waals surface area contributed by atoms with Crippen molar-refractivity contribution >= 4 is 12.5 Å². The van der Waals surface area contributed by atoms with Gasteiger partial charge in [-0.15, -0.1) is 0 Å². The summed E-state index contributed by atoms with van der Waals surface area (Å²) in [4.78, 5) is 18.9. The third kappa shape index (κ3) is 8.22. The molecule has 0 heterocycles. The quantitative estimate of drug-likeness (QED) is 0.119. The van der Waals surface area contributed by atoms with E-state index in [2.05, 4.69) is 23.7 Å². The molecule has 1 aliphatic carbocycles. The first-order valence-corrected chi connectivity index (χ1v) is 16.6. The van der Waals surface area contributed by atoms with E-state index >= 15 is 0 Å². The van der Waals surface area contributed by atoms with Crippen LogP contribution in [0.1, 0.15) is 87.1 Å². The molecule has 0 unspecified atom stereocenters. The van der Waals surface area contributed by atoms with E-state index in [-0.39, 0.29) is 11.5 Å². The molecule has 246 valence electrons. The fourth-order valence-electron chi connectivity index (χ4n) is 6.12. The number of aliphatic imine (C=N–C) groups is 1. The van der Waals surface area contributed by atoms with E-state index in [9.17, 15) is 15.0 Å². The van der Waals surface area contributed by atoms with Crippen LogP contribution in [0.25, 0.3) is 0 Å². The molecule has 8 bridgehead atoms. The summed E-state index contributed by atoms with van der Waals surface area (Å²) in [5.41, 5.74) is 7.99. The molecule has 0 atom stereocenters. The van der Waals surface area contributed by atoms with E-state index in [0.29, 0.717) is 62.1 Å². The van der Waals surface area contributed by atoms with Crippen LogP contribution in [0.15, 0.2) is 65.7 Å². The van der Waals surface area contributed by atoms with Crippen molar-refractivity contribution in [3.05, 3.63) is 116 Å². The number of rotatable bonds is 11. The van der Waals surface area contributed by atoms with Crippen LogP contribution < -0.4 is 9.47 Å². The third-order valence-electron chi connectivity index (χ3n) is 8.41. The molecule has 4 aromatic carbocycles. The van der Waals surface area contributed by atoms with Gasteiger partial charge in [0.25, 0.3) is 0 Å². The molecule has 7 nitrogen and oxygen atoms in total. The average molecular weight is 635 g/mol. The number of phenols is 2. The van der Waals surface area contributed by atoms with Crippen molar-refractivity contribution < 1.29 is 24.5 Å². The number of fused-ring (bicyclic) bond motifs is 8. The van der Waals surface area contributed by atoms with Gasteiger partial charge in [0.05, 0.1) is 19.8 Å². The Labute approximate surface area is 278 Å². The Hall–Kier alpha value is -4.62. The lowest BCUT2D eigenvalue weighted by Crippen LogP contribution is -2.15. The molecule has 5 rings (SSSR count). The molecule has 47 heavy (non-hydrogen) atoms. The largest absolute Gasteiger partial charge is 0.507 e. The fourth-order valence-corrected chi connectivity index (χ4v) is 6.12. The van der Waals surface area contributed by atoms with E-state index in [1.165, 1.54) is 0 Å². The van der Waals surface area contributed by atoms with Gasteiger partial charge in [-0.3, -0.25) is 9.79 Å². The van der Waals surface area contributed by atoms with Crippen LogP contribution in [0.3, 0.4) is 0 Å². The van der Waals surface area contributed by atoms with Crippen molar-refractivity contribution in [3.8, 4) is 23.0 Å². The Morgan fingerprint density at radius 2 is 1.09 bits per heavy atom. The van der Waals surface area contributed by atoms with Gasteiger partial charge in [-0.1, -0.05) is 50.2 Å². The van der Waals surface area contributed by atoms with Crippen molar-refractivity contribution in [1.29, 1.82) is 0 Å². The van der Waals surface area contributed by atoms with Gasteiger partial charge in [-0.05, 0) is 101 Å². The SMILES string of the molecule is CCCOc1c2cccc1Cc1cc(C=NCCN(C)C)cc(c1O)Cc1cccc(c1OCCC)Cc1cc(C=O)cc(c1O)C2. The van der Waals surface area contributed by atoms with Crippen LogP contribution in [-0.2, 0) is 25.7 Å². The van der Waals surface area contributed by atoms with Crippen LogP contribution in [0.4, 0.5) is 0 Å². The second-order valence-electron chi connectivity index (χ2n) is 12.5. The van der Waals surface area contributed by atoms with Crippen molar-refractivity contribution in [3.63, 3.8) is 0 Å². The number of aromatic hydroxyl groups is 2. The summed E-state index contributed by atoms with van der Waals surface area (Å²) in [5.74, 6) is 1.90. The van der Waals surface area contributed by atoms with Gasteiger partial charge < -0.3 is 24.6 Å². The third-order valence-corrected chi connectivity index (χ3v) is 8.41.